The molecule has 8 nitrogen and oxygen atoms in total. The normalized spacial score (nSPS) is 34.5. The highest BCUT2D eigenvalue weighted by Gasteiger charge is 2.75. The predicted molar refractivity (Wildman–Crippen MR) is 124 cm³/mol. The molecule has 34 heavy (non-hydrogen) atoms. The van der Waals surface area contributed by atoms with E-state index in [4.69, 9.17) is 9.47 Å². The summed E-state index contributed by atoms with van der Waals surface area (Å²) in [5.74, 6) is -2.95. The molecule has 8 heteroatoms. The smallest absolute Gasteiger partial charge is 0.313 e. The highest BCUT2D eigenvalue weighted by molar-refractivity contribution is 6.06. The first-order valence-corrected chi connectivity index (χ1v) is 11.8. The van der Waals surface area contributed by atoms with Gasteiger partial charge in [0.15, 0.2) is 0 Å². The lowest BCUT2D eigenvalue weighted by Crippen LogP contribution is -2.56. The molecular weight excluding hydrogens is 436 g/mol. The first-order chi connectivity index (χ1) is 16.3. The van der Waals surface area contributed by atoms with Crippen LogP contribution in [0.2, 0.25) is 0 Å². The van der Waals surface area contributed by atoms with Gasteiger partial charge >= 0.3 is 5.97 Å². The van der Waals surface area contributed by atoms with Gasteiger partial charge in [-0.25, -0.2) is 0 Å². The van der Waals surface area contributed by atoms with E-state index in [-0.39, 0.29) is 31.6 Å². The van der Waals surface area contributed by atoms with Gasteiger partial charge in [-0.05, 0) is 43.5 Å². The van der Waals surface area contributed by atoms with Gasteiger partial charge in [-0.1, -0.05) is 37.3 Å². The minimum Gasteiger partial charge on any atom is -0.461 e. The highest BCUT2D eigenvalue weighted by Crippen LogP contribution is 2.58. The first kappa shape index (κ1) is 22.8. The largest absolute Gasteiger partial charge is 0.461 e. The standard InChI is InChI=1S/C26H30N2O6/c1-4-25-9-6-14-33-24(32)20(25)19-22(30)28(12-13-29)21-23(31)27(11-5-10-26(19,21)34-25)18-15-16(2)7-8-17(18)3/h5-10,15,19-21,29H,4,11-14H2,1-3H3/t19-,20+,21?,25-,26-/m0/s1. The average molecular weight is 467 g/mol. The van der Waals surface area contributed by atoms with Gasteiger partial charge in [0.25, 0.3) is 5.91 Å². The molecule has 1 unspecified atom stereocenters. The van der Waals surface area contributed by atoms with Crippen LogP contribution >= 0.6 is 0 Å². The van der Waals surface area contributed by atoms with E-state index in [0.29, 0.717) is 13.0 Å². The van der Waals surface area contributed by atoms with Gasteiger partial charge in [0.1, 0.15) is 29.8 Å². The van der Waals surface area contributed by atoms with Crippen LogP contribution in [0.1, 0.15) is 24.5 Å². The molecule has 1 N–H and O–H groups in total. The molecule has 0 saturated carbocycles. The molecule has 4 heterocycles. The van der Waals surface area contributed by atoms with Crippen LogP contribution in [0.25, 0.3) is 0 Å². The summed E-state index contributed by atoms with van der Waals surface area (Å²) in [6.07, 6.45) is 7.67. The van der Waals surface area contributed by atoms with E-state index in [9.17, 15) is 19.5 Å². The third-order valence-corrected chi connectivity index (χ3v) is 7.69. The Kier molecular flexibility index (Phi) is 5.41. The third kappa shape index (κ3) is 3.01. The fourth-order valence-corrected chi connectivity index (χ4v) is 6.17. The Balaban J connectivity index is 1.68. The minimum absolute atomic E-state index is 0.0257. The molecule has 1 spiro atoms. The Morgan fingerprint density at radius 1 is 1.09 bits per heavy atom. The van der Waals surface area contributed by atoms with Gasteiger partial charge in [-0.15, -0.1) is 0 Å². The van der Waals surface area contributed by atoms with E-state index in [2.05, 4.69) is 0 Å². The van der Waals surface area contributed by atoms with Crippen LogP contribution in [0.5, 0.6) is 0 Å². The van der Waals surface area contributed by atoms with Gasteiger partial charge in [0.05, 0.1) is 12.5 Å². The molecule has 5 rings (SSSR count). The van der Waals surface area contributed by atoms with Crippen molar-refractivity contribution < 1.29 is 29.0 Å². The number of amides is 2. The molecule has 4 aliphatic rings. The Labute approximate surface area is 198 Å². The monoisotopic (exact) mass is 466 g/mol. The van der Waals surface area contributed by atoms with E-state index in [1.54, 1.807) is 17.1 Å². The highest BCUT2D eigenvalue weighted by atomic mass is 16.6. The van der Waals surface area contributed by atoms with Crippen molar-refractivity contribution in [1.82, 2.24) is 4.90 Å². The van der Waals surface area contributed by atoms with Gasteiger partial charge in [0.2, 0.25) is 5.91 Å². The van der Waals surface area contributed by atoms with Crippen LogP contribution in [0.15, 0.2) is 42.5 Å². The summed E-state index contributed by atoms with van der Waals surface area (Å²) in [6, 6.07) is 4.90. The fourth-order valence-electron chi connectivity index (χ4n) is 6.17. The molecule has 0 aliphatic carbocycles. The number of carbonyl (C=O) groups excluding carboxylic acids is 3. The maximum atomic E-state index is 14.2. The predicted octanol–water partition coefficient (Wildman–Crippen LogP) is 1.67. The molecule has 4 aliphatic heterocycles. The summed E-state index contributed by atoms with van der Waals surface area (Å²) in [6.45, 7) is 5.91. The molecular formula is C26H30N2O6. The Hall–Kier alpha value is -2.97. The number of likely N-dealkylation sites (tertiary alicyclic amines) is 1. The zero-order chi connectivity index (χ0) is 24.3. The molecule has 5 atom stereocenters. The van der Waals surface area contributed by atoms with Gasteiger partial charge < -0.3 is 24.4 Å². The first-order valence-electron chi connectivity index (χ1n) is 11.8. The number of aliphatic hydroxyl groups excluding tert-OH is 1. The maximum Gasteiger partial charge on any atom is 0.313 e. The number of aliphatic hydroxyl groups is 1. The van der Waals surface area contributed by atoms with Crippen LogP contribution in [-0.4, -0.2) is 71.3 Å². The number of esters is 1. The number of carbonyl (C=O) groups is 3. The summed E-state index contributed by atoms with van der Waals surface area (Å²) in [5.41, 5.74) is 0.338. The van der Waals surface area contributed by atoms with Crippen LogP contribution in [0.3, 0.4) is 0 Å². The Morgan fingerprint density at radius 3 is 2.62 bits per heavy atom. The third-order valence-electron chi connectivity index (χ3n) is 7.69. The van der Waals surface area contributed by atoms with Gasteiger partial charge in [0, 0.05) is 18.8 Å². The van der Waals surface area contributed by atoms with Gasteiger partial charge in [-0.3, -0.25) is 14.4 Å². The Morgan fingerprint density at radius 2 is 1.88 bits per heavy atom. The number of nitrogens with zero attached hydrogens (tertiary/aromatic N) is 2. The number of rotatable bonds is 4. The zero-order valence-corrected chi connectivity index (χ0v) is 19.7. The number of hydrogen-bond donors (Lipinski definition) is 1. The number of ether oxygens (including phenoxy) is 2. The van der Waals surface area contributed by atoms with Crippen molar-refractivity contribution in [1.29, 1.82) is 0 Å². The SMILES string of the molecule is CC[C@]12C=CCOC(=O)[C@H]1[C@H]1C(=O)N(CCO)C3C(=O)N(c4cc(C)ccc4C)CC=C[C@@]31O2. The summed E-state index contributed by atoms with van der Waals surface area (Å²) in [7, 11) is 0. The zero-order valence-electron chi connectivity index (χ0n) is 19.7. The Bertz CT molecular complexity index is 1110. The lowest BCUT2D eigenvalue weighted by atomic mass is 9.73. The number of hydrogen-bond acceptors (Lipinski definition) is 6. The van der Waals surface area contributed by atoms with Crippen LogP contribution in [-0.2, 0) is 23.9 Å². The van der Waals surface area contributed by atoms with E-state index in [1.165, 1.54) is 4.90 Å². The summed E-state index contributed by atoms with van der Waals surface area (Å²) in [4.78, 5) is 44.2. The average Bonchev–Trinajstić information content (AvgIpc) is 3.08. The molecule has 2 saturated heterocycles. The molecule has 2 fully saturated rings. The van der Waals surface area contributed by atoms with E-state index in [0.717, 1.165) is 16.8 Å². The fraction of sp³-hybridized carbons (Fsp3) is 0.500. The van der Waals surface area contributed by atoms with Crippen molar-refractivity contribution in [2.75, 3.05) is 31.2 Å². The molecule has 2 amide bonds. The molecule has 0 aromatic heterocycles. The van der Waals surface area contributed by atoms with Crippen LogP contribution in [0.4, 0.5) is 5.69 Å². The molecule has 0 bridgehead atoms. The number of cyclic esters (lactones) is 1. The van der Waals surface area contributed by atoms with Crippen molar-refractivity contribution in [3.63, 3.8) is 0 Å². The molecule has 180 valence electrons. The quantitative estimate of drug-likeness (QED) is 0.536. The van der Waals surface area contributed by atoms with Crippen molar-refractivity contribution >= 4 is 23.5 Å². The van der Waals surface area contributed by atoms with Crippen LogP contribution in [0, 0.1) is 25.7 Å². The topological polar surface area (TPSA) is 96.4 Å². The number of β-amino-alcohol motifs (C(OH)–C–C–N with tert-alkyl or cyclic N) is 1. The maximum absolute atomic E-state index is 14.2. The number of aryl methyl sites for hydroxylation is 2. The summed E-state index contributed by atoms with van der Waals surface area (Å²) >= 11 is 0. The second kappa shape index (κ2) is 8.06. The van der Waals surface area contributed by atoms with E-state index >= 15 is 0 Å². The number of benzene rings is 1. The number of fused-ring (bicyclic) bond motifs is 2. The molecule has 0 radical (unpaired) electrons. The molecule has 1 aromatic rings. The van der Waals surface area contributed by atoms with E-state index in [1.807, 2.05) is 51.1 Å². The molecule has 1 aromatic carbocycles. The van der Waals surface area contributed by atoms with Crippen molar-refractivity contribution in [3.05, 3.63) is 53.6 Å². The lowest BCUT2D eigenvalue weighted by Gasteiger charge is -2.38. The van der Waals surface area contributed by atoms with Crippen molar-refractivity contribution in [3.8, 4) is 0 Å². The van der Waals surface area contributed by atoms with Gasteiger partial charge in [-0.2, -0.15) is 0 Å². The summed E-state index contributed by atoms with van der Waals surface area (Å²) in [5, 5.41) is 9.76. The van der Waals surface area contributed by atoms with Crippen molar-refractivity contribution in [2.24, 2.45) is 11.8 Å². The summed E-state index contributed by atoms with van der Waals surface area (Å²) < 4.78 is 12.1. The lowest BCUT2D eigenvalue weighted by molar-refractivity contribution is -0.157. The second-order valence-electron chi connectivity index (χ2n) is 9.55. The van der Waals surface area contributed by atoms with Crippen molar-refractivity contribution in [2.45, 2.75) is 44.4 Å². The van der Waals surface area contributed by atoms with Crippen LogP contribution < -0.4 is 4.90 Å². The van der Waals surface area contributed by atoms with E-state index < -0.39 is 35.0 Å². The second-order valence-corrected chi connectivity index (χ2v) is 9.55. The number of anilines is 1. The minimum atomic E-state index is -1.34.